The zero-order valence-electron chi connectivity index (χ0n) is 12.1. The molecule has 0 aliphatic rings. The Morgan fingerprint density at radius 2 is 1.90 bits per heavy atom. The third-order valence-electron chi connectivity index (χ3n) is 2.87. The number of rotatable bonds is 5. The fourth-order valence-corrected chi connectivity index (χ4v) is 2.73. The zero-order chi connectivity index (χ0) is 15.6. The van der Waals surface area contributed by atoms with E-state index in [1.807, 2.05) is 0 Å². The van der Waals surface area contributed by atoms with Crippen LogP contribution in [0.5, 0.6) is 5.75 Å². The highest BCUT2D eigenvalue weighted by Gasteiger charge is 2.28. The molecule has 0 fully saturated rings. The minimum Gasteiger partial charge on any atom is -0.492 e. The van der Waals surface area contributed by atoms with Crippen molar-refractivity contribution < 1.29 is 17.9 Å². The second-order valence-electron chi connectivity index (χ2n) is 5.48. The number of hydrogen-bond acceptors (Lipinski definition) is 4. The molecule has 0 saturated heterocycles. The van der Waals surface area contributed by atoms with Gasteiger partial charge in [0.15, 0.2) is 15.6 Å². The molecule has 0 radical (unpaired) electrons. The lowest BCUT2D eigenvalue weighted by Crippen LogP contribution is -2.32. The van der Waals surface area contributed by atoms with Gasteiger partial charge < -0.3 is 4.74 Å². The van der Waals surface area contributed by atoms with E-state index < -0.39 is 14.6 Å². The van der Waals surface area contributed by atoms with Crippen LogP contribution in [0, 0.1) is 0 Å². The number of Topliss-reactive ketones (excluding diaryl/α,β-unsaturated/α-hetero) is 1. The molecule has 0 bridgehead atoms. The Morgan fingerprint density at radius 3 is 2.40 bits per heavy atom. The van der Waals surface area contributed by atoms with Crippen molar-refractivity contribution in [3.8, 4) is 5.75 Å². The summed E-state index contributed by atoms with van der Waals surface area (Å²) in [6.45, 7) is 6.44. The van der Waals surface area contributed by atoms with Gasteiger partial charge in [-0.1, -0.05) is 15.9 Å². The Hall–Kier alpha value is -0.880. The molecule has 0 aliphatic carbocycles. The molecule has 0 unspecified atom stereocenters. The summed E-state index contributed by atoms with van der Waals surface area (Å²) in [7, 11) is -3.23. The number of carbonyl (C=O) groups is 1. The highest BCUT2D eigenvalue weighted by Crippen LogP contribution is 2.24. The van der Waals surface area contributed by atoms with E-state index in [4.69, 9.17) is 4.74 Å². The molecule has 6 heteroatoms. The second-order valence-corrected chi connectivity index (χ2v) is 9.25. The maximum Gasteiger partial charge on any atom is 0.163 e. The first-order valence-electron chi connectivity index (χ1n) is 6.20. The van der Waals surface area contributed by atoms with Crippen molar-refractivity contribution in [2.45, 2.75) is 32.4 Å². The monoisotopic (exact) mass is 362 g/mol. The molecular formula is C14H19BrO4S. The predicted molar refractivity (Wildman–Crippen MR) is 83.2 cm³/mol. The molecule has 20 heavy (non-hydrogen) atoms. The molecule has 1 aromatic rings. The summed E-state index contributed by atoms with van der Waals surface area (Å²) in [4.78, 5) is 11.5. The van der Waals surface area contributed by atoms with Gasteiger partial charge in [0.25, 0.3) is 0 Å². The van der Waals surface area contributed by atoms with Gasteiger partial charge in [0.05, 0.1) is 16.1 Å². The van der Waals surface area contributed by atoms with Crippen molar-refractivity contribution in [2.75, 3.05) is 12.4 Å². The van der Waals surface area contributed by atoms with Crippen LogP contribution in [0.25, 0.3) is 0 Å². The van der Waals surface area contributed by atoms with Crippen molar-refractivity contribution in [3.05, 3.63) is 28.2 Å². The topological polar surface area (TPSA) is 60.4 Å². The zero-order valence-corrected chi connectivity index (χ0v) is 14.5. The van der Waals surface area contributed by atoms with E-state index >= 15 is 0 Å². The van der Waals surface area contributed by atoms with Gasteiger partial charge in [-0.15, -0.1) is 0 Å². The second kappa shape index (κ2) is 6.26. The largest absolute Gasteiger partial charge is 0.492 e. The Morgan fingerprint density at radius 1 is 1.30 bits per heavy atom. The lowest BCUT2D eigenvalue weighted by atomic mass is 10.1. The van der Waals surface area contributed by atoms with Crippen LogP contribution in [0.2, 0.25) is 0 Å². The summed E-state index contributed by atoms with van der Waals surface area (Å²) in [6, 6.07) is 5.07. The molecule has 0 aliphatic heterocycles. The number of sulfone groups is 1. The Labute approximate surface area is 128 Å². The van der Waals surface area contributed by atoms with Crippen LogP contribution in [0.3, 0.4) is 0 Å². The van der Waals surface area contributed by atoms with Crippen LogP contribution in [0.4, 0.5) is 0 Å². The summed E-state index contributed by atoms with van der Waals surface area (Å²) >= 11 is 3.30. The Bertz CT molecular complexity index is 600. The van der Waals surface area contributed by atoms with Gasteiger partial charge in [-0.25, -0.2) is 8.42 Å². The lowest BCUT2D eigenvalue weighted by Gasteiger charge is -2.19. The van der Waals surface area contributed by atoms with Crippen molar-refractivity contribution in [1.29, 1.82) is 0 Å². The van der Waals surface area contributed by atoms with E-state index in [0.29, 0.717) is 11.3 Å². The Kier molecular flexibility index (Phi) is 5.38. The summed E-state index contributed by atoms with van der Waals surface area (Å²) in [5, 5.41) is 0. The molecule has 0 spiro atoms. The highest BCUT2D eigenvalue weighted by atomic mass is 79.9. The van der Waals surface area contributed by atoms with Crippen LogP contribution < -0.4 is 4.74 Å². The molecule has 1 rings (SSSR count). The van der Waals surface area contributed by atoms with Crippen LogP contribution in [0.15, 0.2) is 22.7 Å². The first-order valence-corrected chi connectivity index (χ1v) is 8.65. The fourth-order valence-electron chi connectivity index (χ4n) is 1.47. The lowest BCUT2D eigenvalue weighted by molar-refractivity contribution is 0.101. The number of carbonyl (C=O) groups excluding carboxylic acids is 1. The predicted octanol–water partition coefficient (Wildman–Crippen LogP) is 3.24. The van der Waals surface area contributed by atoms with E-state index in [2.05, 4.69) is 15.9 Å². The minimum absolute atomic E-state index is 0.0241. The number of hydrogen-bond donors (Lipinski definition) is 0. The summed E-state index contributed by atoms with van der Waals surface area (Å²) in [5.74, 6) is 0.197. The normalized spacial score (nSPS) is 12.2. The molecule has 1 aromatic carbocycles. The molecule has 0 atom stereocenters. The van der Waals surface area contributed by atoms with Gasteiger partial charge in [-0.3, -0.25) is 4.79 Å². The molecule has 0 N–H and O–H groups in total. The number of ketones is 1. The average molecular weight is 363 g/mol. The molecule has 0 amide bonds. The average Bonchev–Trinajstić information content (AvgIpc) is 2.26. The maximum absolute atomic E-state index is 12.0. The SMILES string of the molecule is CC(=O)c1ccc(Br)cc1OCCS(=O)(=O)C(C)(C)C. The van der Waals surface area contributed by atoms with Gasteiger partial charge in [-0.2, -0.15) is 0 Å². The molecule has 0 aromatic heterocycles. The fraction of sp³-hybridized carbons (Fsp3) is 0.500. The van der Waals surface area contributed by atoms with Crippen molar-refractivity contribution in [3.63, 3.8) is 0 Å². The van der Waals surface area contributed by atoms with Crippen LogP contribution in [-0.4, -0.2) is 31.3 Å². The number of ether oxygens (including phenoxy) is 1. The minimum atomic E-state index is -3.23. The van der Waals surface area contributed by atoms with E-state index in [-0.39, 0.29) is 18.1 Å². The van der Waals surface area contributed by atoms with Gasteiger partial charge >= 0.3 is 0 Å². The molecule has 0 heterocycles. The maximum atomic E-state index is 12.0. The molecule has 112 valence electrons. The van der Waals surface area contributed by atoms with E-state index in [9.17, 15) is 13.2 Å². The van der Waals surface area contributed by atoms with Gasteiger partial charge in [0.1, 0.15) is 12.4 Å². The summed E-state index contributed by atoms with van der Waals surface area (Å²) < 4.78 is 29.4. The standard InChI is InChI=1S/C14H19BrO4S/c1-10(16)12-6-5-11(15)9-13(12)19-7-8-20(17,18)14(2,3)4/h5-6,9H,7-8H2,1-4H3. The third-order valence-corrected chi connectivity index (χ3v) is 5.93. The summed E-state index contributed by atoms with van der Waals surface area (Å²) in [6.07, 6.45) is 0. The van der Waals surface area contributed by atoms with Crippen LogP contribution in [0.1, 0.15) is 38.1 Å². The van der Waals surface area contributed by atoms with Gasteiger partial charge in [0.2, 0.25) is 0 Å². The van der Waals surface area contributed by atoms with Crippen LogP contribution in [-0.2, 0) is 9.84 Å². The van der Waals surface area contributed by atoms with Crippen LogP contribution >= 0.6 is 15.9 Å². The third kappa shape index (κ3) is 4.31. The quantitative estimate of drug-likeness (QED) is 0.754. The van der Waals surface area contributed by atoms with E-state index in [1.165, 1.54) is 6.92 Å². The van der Waals surface area contributed by atoms with Gasteiger partial charge in [0, 0.05) is 4.47 Å². The smallest absolute Gasteiger partial charge is 0.163 e. The number of benzene rings is 1. The van der Waals surface area contributed by atoms with Crippen molar-refractivity contribution in [2.24, 2.45) is 0 Å². The number of halogens is 1. The Balaban J connectivity index is 2.82. The van der Waals surface area contributed by atoms with Crippen molar-refractivity contribution >= 4 is 31.6 Å². The van der Waals surface area contributed by atoms with E-state index in [1.54, 1.807) is 39.0 Å². The van der Waals surface area contributed by atoms with Crippen molar-refractivity contribution in [1.82, 2.24) is 0 Å². The molecular weight excluding hydrogens is 344 g/mol. The van der Waals surface area contributed by atoms with E-state index in [0.717, 1.165) is 4.47 Å². The summed E-state index contributed by atoms with van der Waals surface area (Å²) in [5.41, 5.74) is 0.446. The molecule has 4 nitrogen and oxygen atoms in total. The first-order chi connectivity index (χ1) is 9.04. The highest BCUT2D eigenvalue weighted by molar-refractivity contribution is 9.10. The molecule has 0 saturated carbocycles. The van der Waals surface area contributed by atoms with Gasteiger partial charge in [-0.05, 0) is 45.9 Å². The first kappa shape index (κ1) is 17.2.